The van der Waals surface area contributed by atoms with E-state index in [4.69, 9.17) is 20.4 Å². The highest BCUT2D eigenvalue weighted by Crippen LogP contribution is 2.33. The quantitative estimate of drug-likeness (QED) is 0.331. The minimum atomic E-state index is -2.61. The minimum Gasteiger partial charge on any atom is -0.360 e. The van der Waals surface area contributed by atoms with Crippen LogP contribution in [0, 0.1) is 5.92 Å². The summed E-state index contributed by atoms with van der Waals surface area (Å²) in [6, 6.07) is 0. The summed E-state index contributed by atoms with van der Waals surface area (Å²) in [5.41, 5.74) is 0. The molecule has 5 heteroatoms. The first-order valence-corrected chi connectivity index (χ1v) is 3.73. The summed E-state index contributed by atoms with van der Waals surface area (Å²) in [5, 5.41) is 36.2. The molecule has 1 rings (SSSR count). The number of hydrogen-bond donors (Lipinski definition) is 4. The second kappa shape index (κ2) is 2.50. The van der Waals surface area contributed by atoms with Crippen molar-refractivity contribution in [2.24, 2.45) is 5.92 Å². The van der Waals surface area contributed by atoms with E-state index in [1.54, 1.807) is 0 Å². The van der Waals surface area contributed by atoms with Crippen LogP contribution in [-0.2, 0) is 4.79 Å². The molecule has 0 aliphatic heterocycles. The van der Waals surface area contributed by atoms with E-state index in [1.807, 2.05) is 0 Å². The Morgan fingerprint density at radius 2 is 1.83 bits per heavy atom. The van der Waals surface area contributed by atoms with Crippen LogP contribution in [0.3, 0.4) is 0 Å². The smallest absolute Gasteiger partial charge is 0.250 e. The van der Waals surface area contributed by atoms with Gasteiger partial charge in [0.05, 0.1) is 0 Å². The lowest BCUT2D eigenvalue weighted by molar-refractivity contribution is -0.261. The van der Waals surface area contributed by atoms with Gasteiger partial charge in [-0.05, 0) is 6.42 Å². The van der Waals surface area contributed by atoms with Crippen LogP contribution in [-0.4, -0.2) is 37.8 Å². The largest absolute Gasteiger partial charge is 0.360 e. The Morgan fingerprint density at radius 3 is 2.25 bits per heavy atom. The fraction of sp³-hybridized carbons (Fsp3) is 0.857. The zero-order chi connectivity index (χ0) is 9.57. The average Bonchev–Trinajstić information content (AvgIpc) is 1.96. The number of carbonyl (C=O) groups is 1. The van der Waals surface area contributed by atoms with Crippen molar-refractivity contribution in [1.82, 2.24) is 0 Å². The molecule has 0 bridgehead atoms. The standard InChI is InChI=1S/C7H12O5/c1-4-2-3-6(9,10)5(8)7(4,11)12/h4,9-12H,2-3H2,1H3. The van der Waals surface area contributed by atoms with Gasteiger partial charge in [-0.3, -0.25) is 4.79 Å². The van der Waals surface area contributed by atoms with Crippen molar-refractivity contribution >= 4 is 5.78 Å². The third-order valence-electron chi connectivity index (χ3n) is 2.31. The van der Waals surface area contributed by atoms with Crippen molar-refractivity contribution in [2.45, 2.75) is 31.3 Å². The SMILES string of the molecule is CC1CCC(O)(O)C(=O)C1(O)O. The maximum Gasteiger partial charge on any atom is 0.250 e. The second-order valence-electron chi connectivity index (χ2n) is 3.31. The third kappa shape index (κ3) is 1.25. The van der Waals surface area contributed by atoms with Gasteiger partial charge < -0.3 is 20.4 Å². The molecule has 12 heavy (non-hydrogen) atoms. The van der Waals surface area contributed by atoms with Crippen LogP contribution in [0.25, 0.3) is 0 Å². The first kappa shape index (κ1) is 9.60. The molecule has 0 spiro atoms. The molecule has 1 aliphatic carbocycles. The van der Waals surface area contributed by atoms with Gasteiger partial charge in [-0.2, -0.15) is 0 Å². The number of Topliss-reactive ketones (excluding diaryl/α,β-unsaturated/α-hetero) is 1. The Hall–Kier alpha value is -0.490. The van der Waals surface area contributed by atoms with E-state index in [-0.39, 0.29) is 12.8 Å². The molecule has 1 unspecified atom stereocenters. The van der Waals surface area contributed by atoms with Crippen molar-refractivity contribution in [3.8, 4) is 0 Å². The molecule has 1 fully saturated rings. The molecular formula is C7H12O5. The van der Waals surface area contributed by atoms with E-state index in [2.05, 4.69) is 0 Å². The van der Waals surface area contributed by atoms with E-state index in [9.17, 15) is 4.79 Å². The summed E-state index contributed by atoms with van der Waals surface area (Å²) in [6.45, 7) is 1.47. The molecule has 0 aromatic heterocycles. The molecule has 0 aromatic carbocycles. The van der Waals surface area contributed by atoms with Gasteiger partial charge in [0.15, 0.2) is 0 Å². The molecule has 0 saturated heterocycles. The van der Waals surface area contributed by atoms with Crippen LogP contribution in [0.4, 0.5) is 0 Å². The number of rotatable bonds is 0. The molecule has 0 aromatic rings. The average molecular weight is 176 g/mol. The van der Waals surface area contributed by atoms with Crippen LogP contribution in [0.2, 0.25) is 0 Å². The summed E-state index contributed by atoms with van der Waals surface area (Å²) in [7, 11) is 0. The Labute approximate surface area is 69.3 Å². The molecule has 0 radical (unpaired) electrons. The lowest BCUT2D eigenvalue weighted by atomic mass is 9.80. The lowest BCUT2D eigenvalue weighted by Crippen LogP contribution is -2.60. The van der Waals surface area contributed by atoms with Gasteiger partial charge in [-0.25, -0.2) is 0 Å². The van der Waals surface area contributed by atoms with Crippen LogP contribution in [0.15, 0.2) is 0 Å². The van der Waals surface area contributed by atoms with E-state index < -0.39 is 23.3 Å². The van der Waals surface area contributed by atoms with E-state index in [0.717, 1.165) is 0 Å². The van der Waals surface area contributed by atoms with E-state index in [1.165, 1.54) is 6.92 Å². The fourth-order valence-corrected chi connectivity index (χ4v) is 1.25. The topological polar surface area (TPSA) is 98.0 Å². The Morgan fingerprint density at radius 1 is 1.33 bits per heavy atom. The van der Waals surface area contributed by atoms with E-state index >= 15 is 0 Å². The van der Waals surface area contributed by atoms with Crippen molar-refractivity contribution in [1.29, 1.82) is 0 Å². The highest BCUT2D eigenvalue weighted by molar-refractivity contribution is 5.92. The molecule has 0 amide bonds. The number of hydrogen-bond acceptors (Lipinski definition) is 5. The van der Waals surface area contributed by atoms with Gasteiger partial charge in [-0.1, -0.05) is 6.92 Å². The summed E-state index contributed by atoms with van der Waals surface area (Å²) >= 11 is 0. The van der Waals surface area contributed by atoms with Crippen LogP contribution < -0.4 is 0 Å². The highest BCUT2D eigenvalue weighted by Gasteiger charge is 2.54. The van der Waals surface area contributed by atoms with Crippen molar-refractivity contribution in [3.63, 3.8) is 0 Å². The van der Waals surface area contributed by atoms with Crippen LogP contribution >= 0.6 is 0 Å². The summed E-state index contributed by atoms with van der Waals surface area (Å²) in [6.07, 6.45) is 0.0294. The van der Waals surface area contributed by atoms with Gasteiger partial charge in [0.2, 0.25) is 17.4 Å². The minimum absolute atomic E-state index is 0.157. The normalized spacial score (nSPS) is 33.4. The molecule has 1 aliphatic rings. The van der Waals surface area contributed by atoms with Crippen molar-refractivity contribution in [3.05, 3.63) is 0 Å². The van der Waals surface area contributed by atoms with Gasteiger partial charge in [0.1, 0.15) is 0 Å². The molecule has 1 saturated carbocycles. The zero-order valence-corrected chi connectivity index (χ0v) is 6.69. The van der Waals surface area contributed by atoms with Crippen molar-refractivity contribution in [2.75, 3.05) is 0 Å². The first-order chi connectivity index (χ1) is 5.28. The molecule has 1 atom stereocenters. The van der Waals surface area contributed by atoms with Crippen LogP contribution in [0.5, 0.6) is 0 Å². The predicted molar refractivity (Wildman–Crippen MR) is 37.7 cm³/mol. The zero-order valence-electron chi connectivity index (χ0n) is 6.69. The monoisotopic (exact) mass is 176 g/mol. The number of aliphatic hydroxyl groups is 4. The Kier molecular flexibility index (Phi) is 2.00. The van der Waals surface area contributed by atoms with Gasteiger partial charge in [0.25, 0.3) is 0 Å². The number of ketones is 1. The number of carbonyl (C=O) groups excluding carboxylic acids is 1. The third-order valence-corrected chi connectivity index (χ3v) is 2.31. The predicted octanol–water partition coefficient (Wildman–Crippen LogP) is -1.65. The summed E-state index contributed by atoms with van der Waals surface area (Å²) < 4.78 is 0. The Bertz CT molecular complexity index is 208. The highest BCUT2D eigenvalue weighted by atomic mass is 16.5. The molecular weight excluding hydrogens is 164 g/mol. The molecule has 0 heterocycles. The van der Waals surface area contributed by atoms with Gasteiger partial charge >= 0.3 is 0 Å². The van der Waals surface area contributed by atoms with Crippen molar-refractivity contribution < 1.29 is 25.2 Å². The maximum absolute atomic E-state index is 11.0. The summed E-state index contributed by atoms with van der Waals surface area (Å²) in [4.78, 5) is 11.0. The Balaban J connectivity index is 2.94. The van der Waals surface area contributed by atoms with Gasteiger partial charge in [-0.15, -0.1) is 0 Å². The second-order valence-corrected chi connectivity index (χ2v) is 3.31. The first-order valence-electron chi connectivity index (χ1n) is 3.73. The van der Waals surface area contributed by atoms with Gasteiger partial charge in [0, 0.05) is 12.3 Å². The van der Waals surface area contributed by atoms with E-state index in [0.29, 0.717) is 0 Å². The fourth-order valence-electron chi connectivity index (χ4n) is 1.25. The molecule has 70 valence electrons. The molecule has 4 N–H and O–H groups in total. The molecule has 5 nitrogen and oxygen atoms in total. The summed E-state index contributed by atoms with van der Waals surface area (Å²) in [5.74, 6) is -7.20. The maximum atomic E-state index is 11.0. The van der Waals surface area contributed by atoms with Crippen LogP contribution in [0.1, 0.15) is 19.8 Å². The lowest BCUT2D eigenvalue weighted by Gasteiger charge is -2.37.